The molecule has 2 unspecified atom stereocenters. The van der Waals surface area contributed by atoms with Gasteiger partial charge in [0.05, 0.1) is 12.7 Å². The second-order valence-corrected chi connectivity index (χ2v) is 2.69. The summed E-state index contributed by atoms with van der Waals surface area (Å²) in [6.07, 6.45) is -0.765. The quantitative estimate of drug-likeness (QED) is 0.454. The van der Waals surface area contributed by atoms with Gasteiger partial charge in [-0.05, 0) is 0 Å². The average molecular weight is 176 g/mol. The summed E-state index contributed by atoms with van der Waals surface area (Å²) in [5.41, 5.74) is 0. The van der Waals surface area contributed by atoms with E-state index in [4.69, 9.17) is 9.84 Å². The van der Waals surface area contributed by atoms with Gasteiger partial charge in [0.1, 0.15) is 0 Å². The van der Waals surface area contributed by atoms with Gasteiger partial charge in [0.25, 0.3) is 0 Å². The Bertz CT molecular complexity index is 117. The number of aliphatic hydroxyl groups is 1. The van der Waals surface area contributed by atoms with E-state index in [0.29, 0.717) is 6.54 Å². The van der Waals surface area contributed by atoms with Crippen LogP contribution in [0.15, 0.2) is 0 Å². The van der Waals surface area contributed by atoms with Crippen molar-refractivity contribution in [2.45, 2.75) is 12.5 Å². The van der Waals surface area contributed by atoms with Gasteiger partial charge in [0.15, 0.2) is 0 Å². The van der Waals surface area contributed by atoms with Crippen molar-refractivity contribution >= 4 is 0 Å². The SMILES string of the molecule is COC(O)NCC1CNCCO1. The van der Waals surface area contributed by atoms with Crippen molar-refractivity contribution < 1.29 is 14.6 Å². The van der Waals surface area contributed by atoms with Gasteiger partial charge in [-0.1, -0.05) is 0 Å². The van der Waals surface area contributed by atoms with Crippen LogP contribution < -0.4 is 10.6 Å². The molecule has 0 radical (unpaired) electrons. The van der Waals surface area contributed by atoms with E-state index < -0.39 is 6.41 Å². The minimum Gasteiger partial charge on any atom is -0.374 e. The Kier molecular flexibility index (Phi) is 4.49. The fraction of sp³-hybridized carbons (Fsp3) is 1.00. The molecule has 0 saturated carbocycles. The van der Waals surface area contributed by atoms with E-state index in [2.05, 4.69) is 15.4 Å². The molecule has 2 atom stereocenters. The molecule has 72 valence electrons. The highest BCUT2D eigenvalue weighted by Crippen LogP contribution is 1.94. The highest BCUT2D eigenvalue weighted by Gasteiger charge is 2.13. The number of hydrogen-bond acceptors (Lipinski definition) is 5. The lowest BCUT2D eigenvalue weighted by Gasteiger charge is -2.24. The number of hydrogen-bond donors (Lipinski definition) is 3. The lowest BCUT2D eigenvalue weighted by Crippen LogP contribution is -2.46. The molecule has 5 nitrogen and oxygen atoms in total. The molecule has 1 rings (SSSR count). The zero-order chi connectivity index (χ0) is 8.81. The van der Waals surface area contributed by atoms with Gasteiger partial charge < -0.3 is 19.9 Å². The summed E-state index contributed by atoms with van der Waals surface area (Å²) in [5.74, 6) is 0. The monoisotopic (exact) mass is 176 g/mol. The average Bonchev–Trinajstić information content (AvgIpc) is 2.16. The number of morpholine rings is 1. The minimum atomic E-state index is -0.893. The predicted octanol–water partition coefficient (Wildman–Crippen LogP) is -1.51. The molecule has 1 aliphatic rings. The first-order chi connectivity index (χ1) is 5.83. The lowest BCUT2D eigenvalue weighted by molar-refractivity contribution is -0.105. The highest BCUT2D eigenvalue weighted by atomic mass is 16.6. The van der Waals surface area contributed by atoms with E-state index in [-0.39, 0.29) is 6.10 Å². The lowest BCUT2D eigenvalue weighted by atomic mass is 10.3. The second kappa shape index (κ2) is 5.45. The third-order valence-corrected chi connectivity index (χ3v) is 1.75. The number of rotatable bonds is 4. The molecule has 5 heteroatoms. The van der Waals surface area contributed by atoms with Crippen molar-refractivity contribution in [1.82, 2.24) is 10.6 Å². The molecule has 3 N–H and O–H groups in total. The van der Waals surface area contributed by atoms with Crippen LogP contribution in [-0.4, -0.2) is 51.0 Å². The third-order valence-electron chi connectivity index (χ3n) is 1.75. The van der Waals surface area contributed by atoms with E-state index in [0.717, 1.165) is 19.7 Å². The second-order valence-electron chi connectivity index (χ2n) is 2.69. The molecule has 0 aromatic heterocycles. The smallest absolute Gasteiger partial charge is 0.213 e. The van der Waals surface area contributed by atoms with Gasteiger partial charge in [-0.25, -0.2) is 0 Å². The number of ether oxygens (including phenoxy) is 2. The molecule has 0 aromatic carbocycles. The number of nitrogens with one attached hydrogen (secondary N) is 2. The molecule has 12 heavy (non-hydrogen) atoms. The van der Waals surface area contributed by atoms with Crippen LogP contribution in [0, 0.1) is 0 Å². The van der Waals surface area contributed by atoms with Crippen molar-refractivity contribution in [3.63, 3.8) is 0 Å². The molecule has 0 aromatic rings. The van der Waals surface area contributed by atoms with Crippen LogP contribution in [0.4, 0.5) is 0 Å². The van der Waals surface area contributed by atoms with Gasteiger partial charge in [-0.2, -0.15) is 0 Å². The zero-order valence-corrected chi connectivity index (χ0v) is 7.25. The van der Waals surface area contributed by atoms with E-state index in [9.17, 15) is 0 Å². The van der Waals surface area contributed by atoms with Crippen LogP contribution in [0.2, 0.25) is 0 Å². The third kappa shape index (κ3) is 3.46. The molecule has 0 aliphatic carbocycles. The Morgan fingerprint density at radius 2 is 2.67 bits per heavy atom. The Hall–Kier alpha value is -0.200. The first-order valence-electron chi connectivity index (χ1n) is 4.09. The molecule has 1 aliphatic heterocycles. The summed E-state index contributed by atoms with van der Waals surface area (Å²) in [6, 6.07) is 0. The molecule has 0 bridgehead atoms. The Morgan fingerprint density at radius 3 is 3.25 bits per heavy atom. The molecule has 0 spiro atoms. The maximum atomic E-state index is 8.98. The van der Waals surface area contributed by atoms with Crippen molar-refractivity contribution in [1.29, 1.82) is 0 Å². The van der Waals surface area contributed by atoms with Gasteiger partial charge >= 0.3 is 0 Å². The summed E-state index contributed by atoms with van der Waals surface area (Å²) < 4.78 is 9.99. The Morgan fingerprint density at radius 1 is 1.83 bits per heavy atom. The summed E-state index contributed by atoms with van der Waals surface area (Å²) in [4.78, 5) is 0. The van der Waals surface area contributed by atoms with Crippen LogP contribution in [0.25, 0.3) is 0 Å². The van der Waals surface area contributed by atoms with Crippen molar-refractivity contribution in [3.8, 4) is 0 Å². The summed E-state index contributed by atoms with van der Waals surface area (Å²) in [5, 5.41) is 14.9. The first kappa shape index (κ1) is 9.88. The van der Waals surface area contributed by atoms with Crippen LogP contribution >= 0.6 is 0 Å². The maximum absolute atomic E-state index is 8.98. The Labute approximate surface area is 72.0 Å². The highest BCUT2D eigenvalue weighted by molar-refractivity contribution is 4.68. The molecular formula is C7H16N2O3. The summed E-state index contributed by atoms with van der Waals surface area (Å²) in [6.45, 7) is 3.06. The molecular weight excluding hydrogens is 160 g/mol. The number of aliphatic hydroxyl groups excluding tert-OH is 1. The van der Waals surface area contributed by atoms with E-state index in [1.165, 1.54) is 7.11 Å². The Balaban J connectivity index is 2.05. The van der Waals surface area contributed by atoms with Gasteiger partial charge in [-0.3, -0.25) is 5.32 Å². The van der Waals surface area contributed by atoms with E-state index >= 15 is 0 Å². The standard InChI is InChI=1S/C7H16N2O3/c1-11-7(10)9-5-6-4-8-2-3-12-6/h6-10H,2-5H2,1H3. The van der Waals surface area contributed by atoms with Crippen LogP contribution in [0.1, 0.15) is 0 Å². The normalized spacial score (nSPS) is 27.0. The molecule has 1 heterocycles. The molecule has 1 saturated heterocycles. The topological polar surface area (TPSA) is 62.8 Å². The summed E-state index contributed by atoms with van der Waals surface area (Å²) >= 11 is 0. The molecule has 1 fully saturated rings. The van der Waals surface area contributed by atoms with Gasteiger partial charge in [-0.15, -0.1) is 0 Å². The van der Waals surface area contributed by atoms with Crippen molar-refractivity contribution in [2.24, 2.45) is 0 Å². The fourth-order valence-electron chi connectivity index (χ4n) is 1.07. The summed E-state index contributed by atoms with van der Waals surface area (Å²) in [7, 11) is 1.44. The fourth-order valence-corrected chi connectivity index (χ4v) is 1.07. The van der Waals surface area contributed by atoms with Gasteiger partial charge in [0, 0.05) is 26.7 Å². The van der Waals surface area contributed by atoms with Crippen LogP contribution in [-0.2, 0) is 9.47 Å². The largest absolute Gasteiger partial charge is 0.374 e. The zero-order valence-electron chi connectivity index (χ0n) is 7.25. The van der Waals surface area contributed by atoms with Crippen molar-refractivity contribution in [2.75, 3.05) is 33.4 Å². The first-order valence-corrected chi connectivity index (χ1v) is 4.09. The van der Waals surface area contributed by atoms with E-state index in [1.54, 1.807) is 0 Å². The molecule has 0 amide bonds. The van der Waals surface area contributed by atoms with Crippen molar-refractivity contribution in [3.05, 3.63) is 0 Å². The predicted molar refractivity (Wildman–Crippen MR) is 43.6 cm³/mol. The maximum Gasteiger partial charge on any atom is 0.213 e. The van der Waals surface area contributed by atoms with Crippen LogP contribution in [0.5, 0.6) is 0 Å². The van der Waals surface area contributed by atoms with Crippen LogP contribution in [0.3, 0.4) is 0 Å². The number of methoxy groups -OCH3 is 1. The minimum absolute atomic E-state index is 0.128. The van der Waals surface area contributed by atoms with Gasteiger partial charge in [0.2, 0.25) is 6.41 Å². The van der Waals surface area contributed by atoms with E-state index in [1.807, 2.05) is 0 Å².